The summed E-state index contributed by atoms with van der Waals surface area (Å²) in [4.78, 5) is 22.9. The maximum atomic E-state index is 12.5. The molecule has 0 bridgehead atoms. The molecule has 0 fully saturated rings. The highest BCUT2D eigenvalue weighted by Gasteiger charge is 2.16. The minimum absolute atomic E-state index is 0.00472. The van der Waals surface area contributed by atoms with Gasteiger partial charge in [-0.25, -0.2) is 0 Å². The summed E-state index contributed by atoms with van der Waals surface area (Å²) in [5, 5.41) is 26.3. The Morgan fingerprint density at radius 3 is 2.71 bits per heavy atom. The molecule has 1 atom stereocenters. The number of hydrogen-bond acceptors (Lipinski definition) is 6. The summed E-state index contributed by atoms with van der Waals surface area (Å²) in [5.41, 5.74) is 1.81. The molecule has 0 aliphatic carbocycles. The number of nitro benzene ring substituents is 1. The van der Waals surface area contributed by atoms with Crippen LogP contribution in [0.1, 0.15) is 42.3 Å². The Hall–Kier alpha value is -3.72. The maximum absolute atomic E-state index is 12.5. The van der Waals surface area contributed by atoms with E-state index in [1.807, 2.05) is 6.07 Å². The molecular weight excluding hydrogens is 418 g/mol. The molecule has 3 aromatic rings. The number of anilines is 1. The van der Waals surface area contributed by atoms with Crippen LogP contribution >= 0.6 is 12.2 Å². The Labute approximate surface area is 184 Å². The van der Waals surface area contributed by atoms with E-state index in [1.165, 1.54) is 24.3 Å². The summed E-state index contributed by atoms with van der Waals surface area (Å²) in [5.74, 6) is 0.0240. The number of phenolic OH excluding ortho intramolecular Hbond substituents is 1. The zero-order valence-electron chi connectivity index (χ0n) is 16.9. The van der Waals surface area contributed by atoms with E-state index >= 15 is 0 Å². The fraction of sp³-hybridized carbons (Fsp3) is 0.182. The third-order valence-corrected chi connectivity index (χ3v) is 5.05. The standard InChI is InChI=1S/C22H21N3O5S/c1-3-13(2)14-7-8-18(26)17(12-14)23-22(31)24-21(27)20-10-9-19(30-20)15-5-4-6-16(11-15)25(28)29/h4-13,26H,3H2,1-2H3,(H2,23,24,27,31). The van der Waals surface area contributed by atoms with E-state index in [4.69, 9.17) is 16.6 Å². The van der Waals surface area contributed by atoms with Gasteiger partial charge >= 0.3 is 0 Å². The molecule has 0 radical (unpaired) electrons. The third-order valence-electron chi connectivity index (χ3n) is 4.85. The molecule has 1 heterocycles. The normalized spacial score (nSPS) is 11.5. The molecule has 1 amide bonds. The fourth-order valence-corrected chi connectivity index (χ4v) is 3.10. The number of carbonyl (C=O) groups excluding carboxylic acids is 1. The molecule has 0 aliphatic rings. The van der Waals surface area contributed by atoms with E-state index in [0.29, 0.717) is 22.9 Å². The van der Waals surface area contributed by atoms with Crippen LogP contribution in [0, 0.1) is 10.1 Å². The molecule has 3 N–H and O–H groups in total. The Morgan fingerprint density at radius 1 is 1.23 bits per heavy atom. The van der Waals surface area contributed by atoms with Crippen molar-refractivity contribution in [1.82, 2.24) is 5.32 Å². The van der Waals surface area contributed by atoms with Gasteiger partial charge in [-0.2, -0.15) is 0 Å². The molecule has 160 valence electrons. The number of rotatable bonds is 6. The number of nitro groups is 1. The Kier molecular flexibility index (Phi) is 6.66. The van der Waals surface area contributed by atoms with Crippen LogP contribution in [0.15, 0.2) is 59.0 Å². The average molecular weight is 439 g/mol. The molecule has 0 saturated heterocycles. The van der Waals surface area contributed by atoms with Crippen LogP contribution in [-0.2, 0) is 0 Å². The van der Waals surface area contributed by atoms with E-state index in [2.05, 4.69) is 24.5 Å². The highest BCUT2D eigenvalue weighted by atomic mass is 32.1. The van der Waals surface area contributed by atoms with Crippen LogP contribution in [0.4, 0.5) is 11.4 Å². The van der Waals surface area contributed by atoms with Gasteiger partial charge in [0, 0.05) is 17.7 Å². The molecule has 2 aromatic carbocycles. The second-order valence-corrected chi connectivity index (χ2v) is 7.37. The minimum atomic E-state index is -0.591. The van der Waals surface area contributed by atoms with Crippen LogP contribution in [0.2, 0.25) is 0 Å². The summed E-state index contributed by atoms with van der Waals surface area (Å²) in [6, 6.07) is 14.1. The number of nitrogens with one attached hydrogen (secondary N) is 2. The molecular formula is C22H21N3O5S. The molecule has 0 aliphatic heterocycles. The van der Waals surface area contributed by atoms with Crippen LogP contribution < -0.4 is 10.6 Å². The van der Waals surface area contributed by atoms with Gasteiger partial charge in [0.1, 0.15) is 11.5 Å². The van der Waals surface area contributed by atoms with Crippen molar-refractivity contribution in [3.8, 4) is 17.1 Å². The zero-order valence-corrected chi connectivity index (χ0v) is 17.7. The van der Waals surface area contributed by atoms with Gasteiger partial charge in [0.15, 0.2) is 10.9 Å². The van der Waals surface area contributed by atoms with E-state index in [1.54, 1.807) is 24.3 Å². The van der Waals surface area contributed by atoms with Crippen LogP contribution in [-0.4, -0.2) is 21.0 Å². The van der Waals surface area contributed by atoms with Gasteiger partial charge < -0.3 is 14.8 Å². The first kappa shape index (κ1) is 22.0. The second-order valence-electron chi connectivity index (χ2n) is 6.97. The number of amides is 1. The lowest BCUT2D eigenvalue weighted by atomic mass is 9.98. The molecule has 9 heteroatoms. The molecule has 3 rings (SSSR count). The number of benzene rings is 2. The summed E-state index contributed by atoms with van der Waals surface area (Å²) >= 11 is 5.18. The smallest absolute Gasteiger partial charge is 0.293 e. The number of furan rings is 1. The molecule has 0 saturated carbocycles. The first-order valence-corrected chi connectivity index (χ1v) is 9.99. The monoisotopic (exact) mass is 439 g/mol. The highest BCUT2D eigenvalue weighted by Crippen LogP contribution is 2.29. The molecule has 0 spiro atoms. The predicted octanol–water partition coefficient (Wildman–Crippen LogP) is 5.20. The lowest BCUT2D eigenvalue weighted by Gasteiger charge is -2.14. The number of non-ortho nitro benzene ring substituents is 1. The summed E-state index contributed by atoms with van der Waals surface area (Å²) in [6.45, 7) is 4.15. The number of phenols is 1. The molecule has 1 aromatic heterocycles. The average Bonchev–Trinajstić information content (AvgIpc) is 3.25. The van der Waals surface area contributed by atoms with Crippen molar-refractivity contribution in [1.29, 1.82) is 0 Å². The van der Waals surface area contributed by atoms with Gasteiger partial charge in [0.25, 0.3) is 11.6 Å². The summed E-state index contributed by atoms with van der Waals surface area (Å²) < 4.78 is 5.53. The fourth-order valence-electron chi connectivity index (χ4n) is 2.90. The number of nitrogens with zero attached hydrogens (tertiary/aromatic N) is 1. The van der Waals surface area contributed by atoms with Gasteiger partial charge in [-0.1, -0.05) is 32.0 Å². The summed E-state index contributed by atoms with van der Waals surface area (Å²) in [7, 11) is 0. The van der Waals surface area contributed by atoms with E-state index < -0.39 is 10.8 Å². The Morgan fingerprint density at radius 2 is 2.00 bits per heavy atom. The lowest BCUT2D eigenvalue weighted by Crippen LogP contribution is -2.33. The molecule has 8 nitrogen and oxygen atoms in total. The number of carbonyl (C=O) groups is 1. The largest absolute Gasteiger partial charge is 0.506 e. The number of aromatic hydroxyl groups is 1. The van der Waals surface area contributed by atoms with Crippen molar-refractivity contribution in [3.05, 3.63) is 76.0 Å². The number of thiocarbonyl (C=S) groups is 1. The predicted molar refractivity (Wildman–Crippen MR) is 121 cm³/mol. The summed E-state index contributed by atoms with van der Waals surface area (Å²) in [6.07, 6.45) is 0.941. The first-order chi connectivity index (χ1) is 14.8. The van der Waals surface area contributed by atoms with Crippen molar-refractivity contribution in [2.45, 2.75) is 26.2 Å². The van der Waals surface area contributed by atoms with Crippen molar-refractivity contribution in [2.75, 3.05) is 5.32 Å². The Bertz CT molecular complexity index is 1140. The SMILES string of the molecule is CCC(C)c1ccc(O)c(NC(=S)NC(=O)c2ccc(-c3cccc([N+](=O)[O-])c3)o2)c1. The van der Waals surface area contributed by atoms with Crippen LogP contribution in [0.25, 0.3) is 11.3 Å². The van der Waals surface area contributed by atoms with Crippen molar-refractivity contribution >= 4 is 34.6 Å². The highest BCUT2D eigenvalue weighted by molar-refractivity contribution is 7.80. The van der Waals surface area contributed by atoms with Gasteiger partial charge in [0.2, 0.25) is 0 Å². The van der Waals surface area contributed by atoms with Gasteiger partial charge in [-0.05, 0) is 54.4 Å². The van der Waals surface area contributed by atoms with Crippen LogP contribution in [0.3, 0.4) is 0 Å². The molecule has 1 unspecified atom stereocenters. The third kappa shape index (κ3) is 5.26. The Balaban J connectivity index is 1.69. The molecule has 31 heavy (non-hydrogen) atoms. The quantitative estimate of drug-likeness (QED) is 0.209. The van der Waals surface area contributed by atoms with E-state index in [9.17, 15) is 20.0 Å². The maximum Gasteiger partial charge on any atom is 0.293 e. The topological polar surface area (TPSA) is 118 Å². The first-order valence-electron chi connectivity index (χ1n) is 9.58. The van der Waals surface area contributed by atoms with Crippen LogP contribution in [0.5, 0.6) is 5.75 Å². The van der Waals surface area contributed by atoms with E-state index in [0.717, 1.165) is 12.0 Å². The van der Waals surface area contributed by atoms with Gasteiger partial charge in [-0.3, -0.25) is 20.2 Å². The van der Waals surface area contributed by atoms with Gasteiger partial charge in [-0.15, -0.1) is 0 Å². The minimum Gasteiger partial charge on any atom is -0.506 e. The lowest BCUT2D eigenvalue weighted by molar-refractivity contribution is -0.384. The number of hydrogen-bond donors (Lipinski definition) is 3. The van der Waals surface area contributed by atoms with Crippen molar-refractivity contribution in [3.63, 3.8) is 0 Å². The van der Waals surface area contributed by atoms with Crippen molar-refractivity contribution < 1.29 is 19.2 Å². The zero-order chi connectivity index (χ0) is 22.5. The second kappa shape index (κ2) is 9.40. The van der Waals surface area contributed by atoms with E-state index in [-0.39, 0.29) is 22.3 Å². The van der Waals surface area contributed by atoms with Gasteiger partial charge in [0.05, 0.1) is 10.6 Å². The van der Waals surface area contributed by atoms with Crippen molar-refractivity contribution in [2.24, 2.45) is 0 Å².